The second kappa shape index (κ2) is 2.33. The van der Waals surface area contributed by atoms with Gasteiger partial charge in [0.15, 0.2) is 0 Å². The van der Waals surface area contributed by atoms with E-state index in [4.69, 9.17) is 0 Å². The molecule has 62 valence electrons. The van der Waals surface area contributed by atoms with Crippen LogP contribution in [-0.2, 0) is 0 Å². The molecule has 0 saturated heterocycles. The first-order valence-corrected chi connectivity index (χ1v) is 4.26. The molecule has 3 aromatic rings. The highest BCUT2D eigenvalue weighted by atomic mass is 15.2. The summed E-state index contributed by atoms with van der Waals surface area (Å²) in [5, 5.41) is 6.73. The third-order valence-electron chi connectivity index (χ3n) is 2.29. The summed E-state index contributed by atoms with van der Waals surface area (Å²) < 4.78 is 1.89. The van der Waals surface area contributed by atoms with E-state index in [0.29, 0.717) is 0 Å². The molecule has 0 aliphatic heterocycles. The van der Waals surface area contributed by atoms with Crippen LogP contribution in [-0.4, -0.2) is 9.61 Å². The number of hydrogen-bond donors (Lipinski definition) is 0. The average molecular weight is 168 g/mol. The van der Waals surface area contributed by atoms with Gasteiger partial charge in [-0.05, 0) is 12.1 Å². The van der Waals surface area contributed by atoms with E-state index < -0.39 is 0 Å². The maximum atomic E-state index is 4.29. The Morgan fingerprint density at radius 2 is 1.92 bits per heavy atom. The van der Waals surface area contributed by atoms with E-state index >= 15 is 0 Å². The third-order valence-corrected chi connectivity index (χ3v) is 2.29. The second-order valence-electron chi connectivity index (χ2n) is 3.07. The van der Waals surface area contributed by atoms with E-state index in [2.05, 4.69) is 29.4 Å². The zero-order valence-corrected chi connectivity index (χ0v) is 7.01. The molecule has 0 saturated carbocycles. The molecule has 0 unspecified atom stereocenters. The van der Waals surface area contributed by atoms with Gasteiger partial charge in [0.2, 0.25) is 0 Å². The molecule has 0 fully saturated rings. The van der Waals surface area contributed by atoms with Crippen LogP contribution < -0.4 is 0 Å². The van der Waals surface area contributed by atoms with Crippen molar-refractivity contribution in [1.29, 1.82) is 0 Å². The summed E-state index contributed by atoms with van der Waals surface area (Å²) in [6.07, 6.45) is 3.85. The lowest BCUT2D eigenvalue weighted by Gasteiger charge is -1.99. The molecular formula is C11H8N2. The van der Waals surface area contributed by atoms with Gasteiger partial charge in [-0.2, -0.15) is 5.10 Å². The second-order valence-corrected chi connectivity index (χ2v) is 3.07. The lowest BCUT2D eigenvalue weighted by Crippen LogP contribution is -1.88. The van der Waals surface area contributed by atoms with Crippen LogP contribution in [0.15, 0.2) is 48.8 Å². The van der Waals surface area contributed by atoms with Crippen LogP contribution in [0.4, 0.5) is 0 Å². The number of fused-ring (bicyclic) bond motifs is 3. The summed E-state index contributed by atoms with van der Waals surface area (Å²) in [7, 11) is 0. The zero-order valence-electron chi connectivity index (χ0n) is 7.01. The quantitative estimate of drug-likeness (QED) is 0.504. The van der Waals surface area contributed by atoms with Crippen LogP contribution in [0.1, 0.15) is 0 Å². The molecule has 0 aliphatic rings. The summed E-state index contributed by atoms with van der Waals surface area (Å²) in [5.74, 6) is 0. The van der Waals surface area contributed by atoms with E-state index in [-0.39, 0.29) is 0 Å². The molecule has 0 N–H and O–H groups in total. The van der Waals surface area contributed by atoms with Gasteiger partial charge in [0.25, 0.3) is 0 Å². The monoisotopic (exact) mass is 168 g/mol. The minimum absolute atomic E-state index is 1.16. The molecule has 1 aromatic carbocycles. The predicted molar refractivity (Wildman–Crippen MR) is 52.7 cm³/mol. The third kappa shape index (κ3) is 0.855. The van der Waals surface area contributed by atoms with Crippen LogP contribution in [0, 0.1) is 0 Å². The Morgan fingerprint density at radius 1 is 1.00 bits per heavy atom. The molecule has 2 heteroatoms. The number of rotatable bonds is 0. The van der Waals surface area contributed by atoms with E-state index in [1.54, 1.807) is 0 Å². The summed E-state index contributed by atoms with van der Waals surface area (Å²) >= 11 is 0. The largest absolute Gasteiger partial charge is 0.240 e. The molecule has 0 spiro atoms. The normalized spacial score (nSPS) is 11.1. The Hall–Kier alpha value is -1.83. The van der Waals surface area contributed by atoms with E-state index in [9.17, 15) is 0 Å². The Morgan fingerprint density at radius 3 is 2.92 bits per heavy atom. The van der Waals surface area contributed by atoms with Crippen molar-refractivity contribution >= 4 is 16.3 Å². The average Bonchev–Trinajstić information content (AvgIpc) is 2.65. The van der Waals surface area contributed by atoms with Crippen LogP contribution in [0.2, 0.25) is 0 Å². The van der Waals surface area contributed by atoms with Crippen molar-refractivity contribution < 1.29 is 0 Å². The Bertz CT molecular complexity index is 566. The van der Waals surface area contributed by atoms with Gasteiger partial charge in [-0.25, -0.2) is 4.52 Å². The molecule has 0 bridgehead atoms. The molecule has 0 aliphatic carbocycles. The standard InChI is InChI=1S/C11H8N2/c1-2-5-10-9(4-1)8-12-13-7-3-6-11(10)13/h1-8H. The van der Waals surface area contributed by atoms with Crippen molar-refractivity contribution in [3.63, 3.8) is 0 Å². The van der Waals surface area contributed by atoms with Crippen LogP contribution >= 0.6 is 0 Å². The van der Waals surface area contributed by atoms with Gasteiger partial charge < -0.3 is 0 Å². The van der Waals surface area contributed by atoms with Gasteiger partial charge in [-0.1, -0.05) is 24.3 Å². The van der Waals surface area contributed by atoms with Crippen molar-refractivity contribution in [3.8, 4) is 0 Å². The molecule has 0 amide bonds. The van der Waals surface area contributed by atoms with Gasteiger partial charge in [0.1, 0.15) is 0 Å². The lowest BCUT2D eigenvalue weighted by molar-refractivity contribution is 0.953. The Kier molecular flexibility index (Phi) is 1.19. The SMILES string of the molecule is c1ccc2c(c1)cnn1cccc21. The highest BCUT2D eigenvalue weighted by Gasteiger charge is 1.98. The van der Waals surface area contributed by atoms with Crippen molar-refractivity contribution in [1.82, 2.24) is 9.61 Å². The number of nitrogens with zero attached hydrogens (tertiary/aromatic N) is 2. The molecule has 2 aromatic heterocycles. The van der Waals surface area contributed by atoms with E-state index in [1.807, 2.05) is 29.0 Å². The minimum Gasteiger partial charge on any atom is -0.240 e. The maximum Gasteiger partial charge on any atom is 0.0724 e. The van der Waals surface area contributed by atoms with Gasteiger partial charge in [0, 0.05) is 17.0 Å². The van der Waals surface area contributed by atoms with E-state index in [0.717, 1.165) is 5.52 Å². The van der Waals surface area contributed by atoms with Gasteiger partial charge in [-0.15, -0.1) is 0 Å². The fraction of sp³-hybridized carbons (Fsp3) is 0. The minimum atomic E-state index is 1.16. The molecule has 3 rings (SSSR count). The Labute approximate surface area is 75.4 Å². The lowest BCUT2D eigenvalue weighted by atomic mass is 10.2. The molecule has 2 nitrogen and oxygen atoms in total. The first-order chi connectivity index (χ1) is 6.45. The highest BCUT2D eigenvalue weighted by molar-refractivity contribution is 5.94. The van der Waals surface area contributed by atoms with Crippen molar-refractivity contribution in [3.05, 3.63) is 48.8 Å². The van der Waals surface area contributed by atoms with Crippen molar-refractivity contribution in [2.24, 2.45) is 0 Å². The van der Waals surface area contributed by atoms with Crippen LogP contribution in [0.25, 0.3) is 16.3 Å². The zero-order chi connectivity index (χ0) is 8.67. The van der Waals surface area contributed by atoms with E-state index in [1.165, 1.54) is 10.8 Å². The van der Waals surface area contributed by atoms with Crippen molar-refractivity contribution in [2.45, 2.75) is 0 Å². The smallest absolute Gasteiger partial charge is 0.0724 e. The number of benzene rings is 1. The molecular weight excluding hydrogens is 160 g/mol. The van der Waals surface area contributed by atoms with Crippen molar-refractivity contribution in [2.75, 3.05) is 0 Å². The maximum absolute atomic E-state index is 4.29. The predicted octanol–water partition coefficient (Wildman–Crippen LogP) is 2.49. The van der Waals surface area contributed by atoms with Gasteiger partial charge >= 0.3 is 0 Å². The fourth-order valence-electron chi connectivity index (χ4n) is 1.65. The highest BCUT2D eigenvalue weighted by Crippen LogP contribution is 2.17. The summed E-state index contributed by atoms with van der Waals surface area (Å²) in [6, 6.07) is 12.4. The molecule has 13 heavy (non-hydrogen) atoms. The fourth-order valence-corrected chi connectivity index (χ4v) is 1.65. The molecule has 0 radical (unpaired) electrons. The first kappa shape index (κ1) is 6.66. The summed E-state index contributed by atoms with van der Waals surface area (Å²) in [4.78, 5) is 0. The summed E-state index contributed by atoms with van der Waals surface area (Å²) in [6.45, 7) is 0. The molecule has 0 atom stereocenters. The van der Waals surface area contributed by atoms with Gasteiger partial charge in [-0.3, -0.25) is 0 Å². The van der Waals surface area contributed by atoms with Crippen LogP contribution in [0.5, 0.6) is 0 Å². The van der Waals surface area contributed by atoms with Gasteiger partial charge in [0.05, 0.1) is 11.7 Å². The Balaban J connectivity index is 2.65. The molecule has 2 heterocycles. The number of aromatic nitrogens is 2. The van der Waals surface area contributed by atoms with Crippen LogP contribution in [0.3, 0.4) is 0 Å². The first-order valence-electron chi connectivity index (χ1n) is 4.26. The number of hydrogen-bond acceptors (Lipinski definition) is 1. The topological polar surface area (TPSA) is 17.3 Å². The summed E-state index contributed by atoms with van der Waals surface area (Å²) in [5.41, 5.74) is 1.16.